The molecule has 3 N–H and O–H groups in total. The molecule has 9 heteroatoms. The zero-order chi connectivity index (χ0) is 24.2. The van der Waals surface area contributed by atoms with E-state index >= 15 is 0 Å². The number of H-pyrrole nitrogens is 1. The fourth-order valence-electron chi connectivity index (χ4n) is 4.65. The SMILES string of the molecule is NC(=O)c1cnc2cc(N3CCOCC3)ccn12.O=c1[nH]nc(CCC2CCC2)c2ccccc12. The fourth-order valence-corrected chi connectivity index (χ4v) is 4.65. The summed E-state index contributed by atoms with van der Waals surface area (Å²) in [5, 5.41) is 8.56. The minimum Gasteiger partial charge on any atom is -0.378 e. The summed E-state index contributed by atoms with van der Waals surface area (Å²) in [6.45, 7) is 3.23. The highest BCUT2D eigenvalue weighted by atomic mass is 16.5. The number of imidazole rings is 1. The van der Waals surface area contributed by atoms with Crippen molar-refractivity contribution < 1.29 is 9.53 Å². The number of aryl methyl sites for hydroxylation is 1. The van der Waals surface area contributed by atoms with Gasteiger partial charge in [-0.15, -0.1) is 0 Å². The summed E-state index contributed by atoms with van der Waals surface area (Å²) in [6.07, 6.45) is 9.60. The summed E-state index contributed by atoms with van der Waals surface area (Å²) < 4.78 is 7.02. The number of benzene rings is 1. The molecule has 2 aliphatic rings. The third-order valence-corrected chi connectivity index (χ3v) is 6.91. The molecule has 6 rings (SSSR count). The predicted molar refractivity (Wildman–Crippen MR) is 135 cm³/mol. The lowest BCUT2D eigenvalue weighted by atomic mass is 9.81. The number of pyridine rings is 1. The van der Waals surface area contributed by atoms with E-state index in [1.165, 1.54) is 31.9 Å². The molecule has 4 heterocycles. The maximum atomic E-state index is 11.6. The van der Waals surface area contributed by atoms with Crippen molar-refractivity contribution in [2.75, 3.05) is 31.2 Å². The van der Waals surface area contributed by atoms with E-state index in [1.807, 2.05) is 42.6 Å². The summed E-state index contributed by atoms with van der Waals surface area (Å²) in [6, 6.07) is 11.6. The van der Waals surface area contributed by atoms with Gasteiger partial charge < -0.3 is 15.4 Å². The van der Waals surface area contributed by atoms with E-state index in [1.54, 1.807) is 4.40 Å². The smallest absolute Gasteiger partial charge is 0.272 e. The van der Waals surface area contributed by atoms with Crippen LogP contribution in [0.4, 0.5) is 5.69 Å². The molecule has 1 saturated carbocycles. The van der Waals surface area contributed by atoms with Gasteiger partial charge in [-0.2, -0.15) is 5.10 Å². The van der Waals surface area contributed by atoms with Crippen molar-refractivity contribution in [1.82, 2.24) is 19.6 Å². The Hall–Kier alpha value is -3.72. The van der Waals surface area contributed by atoms with Gasteiger partial charge in [0.25, 0.3) is 11.5 Å². The van der Waals surface area contributed by atoms with Gasteiger partial charge in [0.1, 0.15) is 11.3 Å². The van der Waals surface area contributed by atoms with Crippen LogP contribution in [0.2, 0.25) is 0 Å². The number of aromatic nitrogens is 4. The molecule has 3 aromatic heterocycles. The summed E-state index contributed by atoms with van der Waals surface area (Å²) in [5.41, 5.74) is 8.44. The molecule has 0 atom stereocenters. The van der Waals surface area contributed by atoms with Crippen LogP contribution >= 0.6 is 0 Å². The van der Waals surface area contributed by atoms with Crippen LogP contribution in [0.3, 0.4) is 0 Å². The van der Waals surface area contributed by atoms with Crippen molar-refractivity contribution in [3.05, 3.63) is 70.5 Å². The normalized spacial score (nSPS) is 16.1. The molecule has 1 amide bonds. The Morgan fingerprint density at radius 1 is 1.14 bits per heavy atom. The zero-order valence-corrected chi connectivity index (χ0v) is 19.7. The first-order valence-corrected chi connectivity index (χ1v) is 12.2. The van der Waals surface area contributed by atoms with Gasteiger partial charge in [-0.3, -0.25) is 14.0 Å². The molecule has 35 heavy (non-hydrogen) atoms. The van der Waals surface area contributed by atoms with Crippen LogP contribution in [-0.2, 0) is 11.2 Å². The van der Waals surface area contributed by atoms with Gasteiger partial charge in [-0.25, -0.2) is 10.1 Å². The lowest BCUT2D eigenvalue weighted by molar-refractivity contribution is 0.0994. The molecule has 1 saturated heterocycles. The Morgan fingerprint density at radius 3 is 2.63 bits per heavy atom. The number of fused-ring (bicyclic) bond motifs is 2. The molecule has 0 radical (unpaired) electrons. The third kappa shape index (κ3) is 5.05. The Bertz CT molecular complexity index is 1380. The van der Waals surface area contributed by atoms with Crippen molar-refractivity contribution in [3.8, 4) is 0 Å². The van der Waals surface area contributed by atoms with Crippen LogP contribution in [0.1, 0.15) is 41.9 Å². The van der Waals surface area contributed by atoms with E-state index < -0.39 is 5.91 Å². The number of ether oxygens (including phenoxy) is 1. The van der Waals surface area contributed by atoms with E-state index in [9.17, 15) is 9.59 Å². The Morgan fingerprint density at radius 2 is 1.91 bits per heavy atom. The van der Waals surface area contributed by atoms with Crippen molar-refractivity contribution >= 4 is 28.0 Å². The highest BCUT2D eigenvalue weighted by molar-refractivity contribution is 5.92. The van der Waals surface area contributed by atoms with Crippen molar-refractivity contribution in [2.24, 2.45) is 11.7 Å². The number of primary amides is 1. The van der Waals surface area contributed by atoms with Crippen LogP contribution in [-0.4, -0.2) is 51.8 Å². The average molecular weight is 475 g/mol. The molecular formula is C26H30N6O3. The minimum absolute atomic E-state index is 0.0898. The Kier molecular flexibility index (Phi) is 6.76. The molecule has 9 nitrogen and oxygen atoms in total. The Labute approximate surface area is 202 Å². The molecule has 1 aliphatic carbocycles. The summed E-state index contributed by atoms with van der Waals surface area (Å²) in [4.78, 5) is 29.3. The number of anilines is 1. The third-order valence-electron chi connectivity index (χ3n) is 6.91. The number of carbonyl (C=O) groups excluding carboxylic acids is 1. The molecular weight excluding hydrogens is 444 g/mol. The largest absolute Gasteiger partial charge is 0.378 e. The second kappa shape index (κ2) is 10.3. The van der Waals surface area contributed by atoms with E-state index in [4.69, 9.17) is 10.5 Å². The summed E-state index contributed by atoms with van der Waals surface area (Å²) in [7, 11) is 0. The summed E-state index contributed by atoms with van der Waals surface area (Å²) in [5.74, 6) is 0.407. The number of nitrogens with zero attached hydrogens (tertiary/aromatic N) is 4. The van der Waals surface area contributed by atoms with Gasteiger partial charge in [-0.1, -0.05) is 37.5 Å². The zero-order valence-electron chi connectivity index (χ0n) is 19.7. The van der Waals surface area contributed by atoms with Crippen LogP contribution in [0.5, 0.6) is 0 Å². The number of amides is 1. The lowest BCUT2D eigenvalue weighted by Gasteiger charge is -2.28. The van der Waals surface area contributed by atoms with Gasteiger partial charge >= 0.3 is 0 Å². The summed E-state index contributed by atoms with van der Waals surface area (Å²) >= 11 is 0. The second-order valence-electron chi connectivity index (χ2n) is 9.10. The first-order chi connectivity index (χ1) is 17.1. The standard InChI is InChI=1S/C14H16N2O.C12H14N4O2/c17-14-12-7-2-1-6-11(12)13(15-16-14)9-8-10-4-3-5-10;13-12(17)10-8-14-11-7-9(1-2-16(10)11)15-3-5-18-6-4-15/h1-2,6-7,10H,3-5,8-9H2,(H,16,17);1-2,7-8H,3-6H2,(H2,13,17). The van der Waals surface area contributed by atoms with Crippen LogP contribution < -0.4 is 16.2 Å². The topological polar surface area (TPSA) is 119 Å². The van der Waals surface area contributed by atoms with Crippen molar-refractivity contribution in [2.45, 2.75) is 32.1 Å². The highest BCUT2D eigenvalue weighted by Crippen LogP contribution is 2.30. The quantitative estimate of drug-likeness (QED) is 0.459. The number of morpholine rings is 1. The molecule has 182 valence electrons. The number of hydrogen-bond donors (Lipinski definition) is 2. The molecule has 0 spiro atoms. The number of carbonyl (C=O) groups is 1. The molecule has 0 bridgehead atoms. The molecule has 1 aliphatic heterocycles. The number of nitrogens with two attached hydrogens (primary N) is 1. The minimum atomic E-state index is -0.471. The number of aromatic amines is 1. The fraction of sp³-hybridized carbons (Fsp3) is 0.385. The van der Waals surface area contributed by atoms with Crippen molar-refractivity contribution in [3.63, 3.8) is 0 Å². The lowest BCUT2D eigenvalue weighted by Crippen LogP contribution is -2.36. The van der Waals surface area contributed by atoms with Gasteiger partial charge in [-0.05, 0) is 30.9 Å². The first kappa shape index (κ1) is 23.0. The van der Waals surface area contributed by atoms with Crippen molar-refractivity contribution in [1.29, 1.82) is 0 Å². The first-order valence-electron chi connectivity index (χ1n) is 12.2. The molecule has 0 unspecified atom stereocenters. The number of nitrogens with one attached hydrogen (secondary N) is 1. The monoisotopic (exact) mass is 474 g/mol. The van der Waals surface area contributed by atoms with Gasteiger partial charge in [0.2, 0.25) is 0 Å². The molecule has 4 aromatic rings. The Balaban J connectivity index is 0.000000145. The van der Waals surface area contributed by atoms with Crippen LogP contribution in [0, 0.1) is 5.92 Å². The van der Waals surface area contributed by atoms with E-state index in [-0.39, 0.29) is 5.56 Å². The number of hydrogen-bond acceptors (Lipinski definition) is 6. The maximum Gasteiger partial charge on any atom is 0.272 e. The molecule has 2 fully saturated rings. The highest BCUT2D eigenvalue weighted by Gasteiger charge is 2.18. The van der Waals surface area contributed by atoms with E-state index in [0.29, 0.717) is 5.69 Å². The van der Waals surface area contributed by atoms with Gasteiger partial charge in [0.15, 0.2) is 0 Å². The van der Waals surface area contributed by atoms with Crippen LogP contribution in [0.25, 0.3) is 16.4 Å². The maximum absolute atomic E-state index is 11.6. The van der Waals surface area contributed by atoms with E-state index in [0.717, 1.165) is 66.4 Å². The van der Waals surface area contributed by atoms with Gasteiger partial charge in [0.05, 0.1) is 30.5 Å². The van der Waals surface area contributed by atoms with E-state index in [2.05, 4.69) is 20.1 Å². The number of rotatable bonds is 5. The van der Waals surface area contributed by atoms with Crippen LogP contribution in [0.15, 0.2) is 53.6 Å². The molecule has 1 aromatic carbocycles. The average Bonchev–Trinajstić information content (AvgIpc) is 3.29. The second-order valence-corrected chi connectivity index (χ2v) is 9.10. The van der Waals surface area contributed by atoms with Gasteiger partial charge in [0, 0.05) is 36.4 Å². The predicted octanol–water partition coefficient (Wildman–Crippen LogP) is 2.93.